The highest BCUT2D eigenvalue weighted by molar-refractivity contribution is 5.94. The quantitative estimate of drug-likeness (QED) is 0.819. The molecule has 1 fully saturated rings. The number of carbonyl (C=O) groups excluding carboxylic acids is 1. The van der Waals surface area contributed by atoms with Crippen LogP contribution in [0.4, 0.5) is 0 Å². The van der Waals surface area contributed by atoms with Gasteiger partial charge in [-0.1, -0.05) is 17.7 Å². The third-order valence-corrected chi connectivity index (χ3v) is 3.35. The molecule has 2 rings (SSSR count). The number of morpholine rings is 1. The summed E-state index contributed by atoms with van der Waals surface area (Å²) in [4.78, 5) is 14.1. The Morgan fingerprint density at radius 1 is 1.45 bits per heavy atom. The minimum atomic E-state index is -0.554. The number of nitrogens with zero attached hydrogens (tertiary/aromatic N) is 1. The van der Waals surface area contributed by atoms with Gasteiger partial charge in [0.25, 0.3) is 5.91 Å². The molecule has 1 heterocycles. The van der Waals surface area contributed by atoms with Crippen LogP contribution in [0.2, 0.25) is 0 Å². The van der Waals surface area contributed by atoms with Crippen molar-refractivity contribution in [2.75, 3.05) is 39.4 Å². The molecule has 0 spiro atoms. The zero-order valence-corrected chi connectivity index (χ0v) is 11.8. The van der Waals surface area contributed by atoms with E-state index in [1.165, 1.54) is 0 Å². The number of hydrogen-bond acceptors (Lipinski definition) is 4. The molecule has 0 saturated carbocycles. The number of amides is 1. The van der Waals surface area contributed by atoms with Crippen LogP contribution >= 0.6 is 0 Å². The first-order chi connectivity index (χ1) is 9.65. The molecule has 1 unspecified atom stereocenters. The number of rotatable bonds is 5. The van der Waals surface area contributed by atoms with Gasteiger partial charge in [0.2, 0.25) is 0 Å². The number of carbonyl (C=O) groups is 1. The monoisotopic (exact) mass is 278 g/mol. The van der Waals surface area contributed by atoms with E-state index >= 15 is 0 Å². The second-order valence-corrected chi connectivity index (χ2v) is 5.15. The molecule has 0 radical (unpaired) electrons. The summed E-state index contributed by atoms with van der Waals surface area (Å²) in [7, 11) is 0. The molecule has 0 aliphatic carbocycles. The number of β-amino-alcohol motifs (C(OH)–C–C–N with tert-alkyl or cyclic N) is 1. The van der Waals surface area contributed by atoms with E-state index in [0.717, 1.165) is 18.7 Å². The molecule has 110 valence electrons. The van der Waals surface area contributed by atoms with Crippen LogP contribution in [0.25, 0.3) is 0 Å². The standard InChI is InChI=1S/C15H22N2O3/c1-12-3-2-4-13(9-12)15(19)16-10-14(18)11-17-5-7-20-8-6-17/h2-4,9,14,18H,5-8,10-11H2,1H3,(H,16,19). The highest BCUT2D eigenvalue weighted by atomic mass is 16.5. The fraction of sp³-hybridized carbons (Fsp3) is 0.533. The van der Waals surface area contributed by atoms with Gasteiger partial charge in [0.1, 0.15) is 0 Å². The Kier molecular flexibility index (Phi) is 5.52. The van der Waals surface area contributed by atoms with Crippen LogP contribution < -0.4 is 5.32 Å². The van der Waals surface area contributed by atoms with E-state index in [2.05, 4.69) is 10.2 Å². The van der Waals surface area contributed by atoms with Crippen LogP contribution in [0.5, 0.6) is 0 Å². The number of aliphatic hydroxyl groups excluding tert-OH is 1. The van der Waals surface area contributed by atoms with Crippen LogP contribution in [-0.4, -0.2) is 61.4 Å². The Morgan fingerprint density at radius 2 is 2.20 bits per heavy atom. The van der Waals surface area contributed by atoms with E-state index < -0.39 is 6.10 Å². The van der Waals surface area contributed by atoms with Crippen LogP contribution in [-0.2, 0) is 4.74 Å². The van der Waals surface area contributed by atoms with Crippen molar-refractivity contribution < 1.29 is 14.6 Å². The summed E-state index contributed by atoms with van der Waals surface area (Å²) in [6, 6.07) is 7.42. The Bertz CT molecular complexity index is 444. The molecule has 1 aromatic rings. The minimum Gasteiger partial charge on any atom is -0.390 e. The van der Waals surface area contributed by atoms with Crippen LogP contribution in [0.1, 0.15) is 15.9 Å². The number of ether oxygens (including phenoxy) is 1. The molecule has 1 aliphatic rings. The van der Waals surface area contributed by atoms with Gasteiger partial charge in [-0.3, -0.25) is 9.69 Å². The number of aliphatic hydroxyl groups is 1. The number of aryl methyl sites for hydroxylation is 1. The summed E-state index contributed by atoms with van der Waals surface area (Å²) in [5, 5.41) is 12.7. The molecule has 0 bridgehead atoms. The molecule has 20 heavy (non-hydrogen) atoms. The Morgan fingerprint density at radius 3 is 2.90 bits per heavy atom. The Hall–Kier alpha value is -1.43. The third-order valence-electron chi connectivity index (χ3n) is 3.35. The van der Waals surface area contributed by atoms with Gasteiger partial charge in [-0.25, -0.2) is 0 Å². The zero-order valence-electron chi connectivity index (χ0n) is 11.8. The molecule has 1 atom stereocenters. The van der Waals surface area contributed by atoms with E-state index in [0.29, 0.717) is 25.3 Å². The summed E-state index contributed by atoms with van der Waals surface area (Å²) in [6.45, 7) is 5.88. The van der Waals surface area contributed by atoms with E-state index in [-0.39, 0.29) is 12.5 Å². The van der Waals surface area contributed by atoms with Gasteiger partial charge in [-0.2, -0.15) is 0 Å². The van der Waals surface area contributed by atoms with E-state index in [4.69, 9.17) is 4.74 Å². The van der Waals surface area contributed by atoms with Gasteiger partial charge in [0.15, 0.2) is 0 Å². The fourth-order valence-electron chi connectivity index (χ4n) is 2.25. The maximum atomic E-state index is 11.9. The van der Waals surface area contributed by atoms with Crippen molar-refractivity contribution in [3.05, 3.63) is 35.4 Å². The fourth-order valence-corrected chi connectivity index (χ4v) is 2.25. The minimum absolute atomic E-state index is 0.144. The third kappa shape index (κ3) is 4.59. The zero-order chi connectivity index (χ0) is 14.4. The van der Waals surface area contributed by atoms with Crippen molar-refractivity contribution in [2.24, 2.45) is 0 Å². The molecular weight excluding hydrogens is 256 g/mol. The van der Waals surface area contributed by atoms with Gasteiger partial charge < -0.3 is 15.2 Å². The molecule has 0 aromatic heterocycles. The molecule has 1 aliphatic heterocycles. The number of hydrogen-bond donors (Lipinski definition) is 2. The van der Waals surface area contributed by atoms with Crippen molar-refractivity contribution in [2.45, 2.75) is 13.0 Å². The highest BCUT2D eigenvalue weighted by Crippen LogP contribution is 2.04. The smallest absolute Gasteiger partial charge is 0.251 e. The maximum absolute atomic E-state index is 11.9. The summed E-state index contributed by atoms with van der Waals surface area (Å²) in [6.07, 6.45) is -0.554. The van der Waals surface area contributed by atoms with Crippen molar-refractivity contribution in [3.63, 3.8) is 0 Å². The van der Waals surface area contributed by atoms with Gasteiger partial charge >= 0.3 is 0 Å². The second kappa shape index (κ2) is 7.38. The molecular formula is C15H22N2O3. The Balaban J connectivity index is 1.75. The molecule has 1 aromatic carbocycles. The number of benzene rings is 1. The van der Waals surface area contributed by atoms with Crippen molar-refractivity contribution in [1.82, 2.24) is 10.2 Å². The molecule has 5 nitrogen and oxygen atoms in total. The van der Waals surface area contributed by atoms with Crippen molar-refractivity contribution in [1.29, 1.82) is 0 Å². The summed E-state index contributed by atoms with van der Waals surface area (Å²) in [5.74, 6) is -0.144. The van der Waals surface area contributed by atoms with E-state index in [1.807, 2.05) is 25.1 Å². The Labute approximate surface area is 119 Å². The summed E-state index contributed by atoms with van der Waals surface area (Å²) < 4.78 is 5.26. The van der Waals surface area contributed by atoms with Gasteiger partial charge in [0, 0.05) is 31.7 Å². The normalized spacial score (nSPS) is 17.7. The lowest BCUT2D eigenvalue weighted by Gasteiger charge is -2.28. The second-order valence-electron chi connectivity index (χ2n) is 5.15. The largest absolute Gasteiger partial charge is 0.390 e. The SMILES string of the molecule is Cc1cccc(C(=O)NCC(O)CN2CCOCC2)c1. The summed E-state index contributed by atoms with van der Waals surface area (Å²) in [5.41, 5.74) is 1.68. The lowest BCUT2D eigenvalue weighted by Crippen LogP contribution is -2.44. The predicted octanol–water partition coefficient (Wildman–Crippen LogP) is 0.418. The van der Waals surface area contributed by atoms with E-state index in [1.54, 1.807) is 6.07 Å². The average Bonchev–Trinajstić information content (AvgIpc) is 2.46. The van der Waals surface area contributed by atoms with E-state index in [9.17, 15) is 9.90 Å². The average molecular weight is 278 g/mol. The number of nitrogens with one attached hydrogen (secondary N) is 1. The first-order valence-corrected chi connectivity index (χ1v) is 6.98. The van der Waals surface area contributed by atoms with Gasteiger partial charge in [0.05, 0.1) is 19.3 Å². The lowest BCUT2D eigenvalue weighted by molar-refractivity contribution is 0.0149. The molecule has 5 heteroatoms. The van der Waals surface area contributed by atoms with Crippen molar-refractivity contribution in [3.8, 4) is 0 Å². The van der Waals surface area contributed by atoms with Gasteiger partial charge in [-0.05, 0) is 19.1 Å². The highest BCUT2D eigenvalue weighted by Gasteiger charge is 2.15. The van der Waals surface area contributed by atoms with Crippen molar-refractivity contribution >= 4 is 5.91 Å². The molecule has 2 N–H and O–H groups in total. The summed E-state index contributed by atoms with van der Waals surface area (Å²) >= 11 is 0. The molecule has 1 amide bonds. The topological polar surface area (TPSA) is 61.8 Å². The first-order valence-electron chi connectivity index (χ1n) is 6.98. The maximum Gasteiger partial charge on any atom is 0.251 e. The lowest BCUT2D eigenvalue weighted by atomic mass is 10.1. The molecule has 1 saturated heterocycles. The first kappa shape index (κ1) is 15.0. The predicted molar refractivity (Wildman–Crippen MR) is 76.8 cm³/mol. The van der Waals surface area contributed by atoms with Crippen LogP contribution in [0.3, 0.4) is 0 Å². The van der Waals surface area contributed by atoms with Crippen LogP contribution in [0.15, 0.2) is 24.3 Å². The van der Waals surface area contributed by atoms with Gasteiger partial charge in [-0.15, -0.1) is 0 Å². The van der Waals surface area contributed by atoms with Crippen LogP contribution in [0, 0.1) is 6.92 Å².